The molecular formula is C22H14Cl2FNOS. The molecule has 2 heterocycles. The predicted molar refractivity (Wildman–Crippen MR) is 113 cm³/mol. The van der Waals surface area contributed by atoms with Gasteiger partial charge in [0.15, 0.2) is 0 Å². The zero-order valence-electron chi connectivity index (χ0n) is 14.4. The molecule has 28 heavy (non-hydrogen) atoms. The van der Waals surface area contributed by atoms with Crippen LogP contribution in [0.1, 0.15) is 17.2 Å². The van der Waals surface area contributed by atoms with E-state index in [0.717, 1.165) is 10.4 Å². The molecule has 0 aliphatic rings. The van der Waals surface area contributed by atoms with Crippen molar-refractivity contribution in [2.45, 2.75) is 6.10 Å². The van der Waals surface area contributed by atoms with Crippen LogP contribution in [-0.4, -0.2) is 10.1 Å². The van der Waals surface area contributed by atoms with E-state index in [0.29, 0.717) is 32.3 Å². The fourth-order valence-electron chi connectivity index (χ4n) is 3.08. The first-order valence-corrected chi connectivity index (χ1v) is 10.1. The molecule has 1 atom stereocenters. The molecule has 0 amide bonds. The van der Waals surface area contributed by atoms with Gasteiger partial charge in [0.25, 0.3) is 0 Å². The second-order valence-electron chi connectivity index (χ2n) is 6.21. The average molecular weight is 430 g/mol. The molecule has 0 bridgehead atoms. The lowest BCUT2D eigenvalue weighted by Crippen LogP contribution is -2.02. The van der Waals surface area contributed by atoms with Gasteiger partial charge in [0.05, 0.1) is 0 Å². The van der Waals surface area contributed by atoms with Gasteiger partial charge in [0.2, 0.25) is 0 Å². The number of thiophene rings is 1. The number of aromatic nitrogens is 1. The third-order valence-electron chi connectivity index (χ3n) is 4.43. The van der Waals surface area contributed by atoms with Gasteiger partial charge < -0.3 is 5.11 Å². The van der Waals surface area contributed by atoms with Crippen molar-refractivity contribution >= 4 is 34.5 Å². The highest BCUT2D eigenvalue weighted by Gasteiger charge is 2.24. The molecule has 2 nitrogen and oxygen atoms in total. The van der Waals surface area contributed by atoms with Gasteiger partial charge in [0, 0.05) is 49.6 Å². The first-order valence-electron chi connectivity index (χ1n) is 8.45. The van der Waals surface area contributed by atoms with Gasteiger partial charge in [-0.3, -0.25) is 4.98 Å². The summed E-state index contributed by atoms with van der Waals surface area (Å²) in [5, 5.41) is 14.0. The normalized spacial score (nSPS) is 12.1. The summed E-state index contributed by atoms with van der Waals surface area (Å²) in [5.41, 5.74) is 3.17. The highest BCUT2D eigenvalue weighted by molar-refractivity contribution is 7.14. The minimum absolute atomic E-state index is 0.323. The molecule has 6 heteroatoms. The van der Waals surface area contributed by atoms with Crippen LogP contribution in [0.3, 0.4) is 0 Å². The molecule has 140 valence electrons. The lowest BCUT2D eigenvalue weighted by Gasteiger charge is -2.16. The number of halogens is 3. The third-order valence-corrected chi connectivity index (χ3v) is 5.96. The Bertz CT molecular complexity index is 1110. The summed E-state index contributed by atoms with van der Waals surface area (Å²) in [5.74, 6) is -0.437. The minimum atomic E-state index is -0.962. The summed E-state index contributed by atoms with van der Waals surface area (Å²) >= 11 is 13.4. The van der Waals surface area contributed by atoms with Gasteiger partial charge in [-0.15, -0.1) is 11.3 Å². The second kappa shape index (κ2) is 8.02. The van der Waals surface area contributed by atoms with Crippen LogP contribution >= 0.6 is 34.5 Å². The molecule has 0 fully saturated rings. The first kappa shape index (κ1) is 19.1. The molecule has 0 saturated carbocycles. The average Bonchev–Trinajstić information content (AvgIpc) is 3.13. The lowest BCUT2D eigenvalue weighted by molar-refractivity contribution is 0.221. The van der Waals surface area contributed by atoms with E-state index in [-0.39, 0.29) is 0 Å². The van der Waals surface area contributed by atoms with Crippen molar-refractivity contribution in [2.75, 3.05) is 0 Å². The SMILES string of the molecule is OC(c1cccnc1)c1c(-c2ccc(Cl)cc2F)csc1-c1ccc(Cl)cc1. The van der Waals surface area contributed by atoms with Crippen molar-refractivity contribution in [2.24, 2.45) is 0 Å². The van der Waals surface area contributed by atoms with E-state index >= 15 is 0 Å². The van der Waals surface area contributed by atoms with Crippen molar-refractivity contribution in [3.8, 4) is 21.6 Å². The van der Waals surface area contributed by atoms with Crippen LogP contribution in [0.25, 0.3) is 21.6 Å². The fourth-order valence-corrected chi connectivity index (χ4v) is 4.48. The van der Waals surface area contributed by atoms with E-state index in [1.54, 1.807) is 48.8 Å². The van der Waals surface area contributed by atoms with Gasteiger partial charge in [-0.05, 0) is 47.3 Å². The molecule has 4 rings (SSSR count). The molecule has 2 aromatic heterocycles. The Morgan fingerprint density at radius 2 is 1.71 bits per heavy atom. The van der Waals surface area contributed by atoms with Gasteiger partial charge in [0.1, 0.15) is 11.9 Å². The van der Waals surface area contributed by atoms with Crippen molar-refractivity contribution in [3.05, 3.63) is 99.4 Å². The number of aliphatic hydroxyl groups excluding tert-OH is 1. The smallest absolute Gasteiger partial charge is 0.132 e. The largest absolute Gasteiger partial charge is 0.384 e. The Kier molecular flexibility index (Phi) is 5.47. The number of rotatable bonds is 4. The van der Waals surface area contributed by atoms with Crippen molar-refractivity contribution < 1.29 is 9.50 Å². The first-order chi connectivity index (χ1) is 13.5. The Hall–Kier alpha value is -2.24. The summed E-state index contributed by atoms with van der Waals surface area (Å²) in [7, 11) is 0. The predicted octanol–water partition coefficient (Wildman–Crippen LogP) is 7.00. The van der Waals surface area contributed by atoms with Crippen LogP contribution in [0.2, 0.25) is 10.0 Å². The molecule has 1 N–H and O–H groups in total. The fraction of sp³-hybridized carbons (Fsp3) is 0.0455. The van der Waals surface area contributed by atoms with Crippen LogP contribution in [0.15, 0.2) is 72.4 Å². The maximum Gasteiger partial charge on any atom is 0.132 e. The van der Waals surface area contributed by atoms with E-state index in [2.05, 4.69) is 4.98 Å². The highest BCUT2D eigenvalue weighted by Crippen LogP contribution is 2.44. The zero-order valence-corrected chi connectivity index (χ0v) is 16.8. The quantitative estimate of drug-likeness (QED) is 0.378. The topological polar surface area (TPSA) is 33.1 Å². The summed E-state index contributed by atoms with van der Waals surface area (Å²) < 4.78 is 14.7. The van der Waals surface area contributed by atoms with Gasteiger partial charge in [-0.2, -0.15) is 0 Å². The number of nitrogens with zero attached hydrogens (tertiary/aromatic N) is 1. The van der Waals surface area contributed by atoms with Crippen LogP contribution in [0, 0.1) is 5.82 Å². The van der Waals surface area contributed by atoms with Gasteiger partial charge >= 0.3 is 0 Å². The summed E-state index contributed by atoms with van der Waals surface area (Å²) in [6.07, 6.45) is 2.29. The summed E-state index contributed by atoms with van der Waals surface area (Å²) in [6, 6.07) is 15.4. The molecular weight excluding hydrogens is 416 g/mol. The Balaban J connectivity index is 1.93. The standard InChI is InChI=1S/C22H14Cl2FNOS/c23-15-5-3-13(4-6-15)22-20(21(27)14-2-1-9-26-11-14)18(12-28-22)17-8-7-16(24)10-19(17)25/h1-12,21,27H. The molecule has 1 unspecified atom stereocenters. The van der Waals surface area contributed by atoms with E-state index in [1.165, 1.54) is 17.4 Å². The van der Waals surface area contributed by atoms with E-state index in [9.17, 15) is 9.50 Å². The molecule has 0 spiro atoms. The molecule has 2 aromatic carbocycles. The number of benzene rings is 2. The van der Waals surface area contributed by atoms with E-state index in [4.69, 9.17) is 23.2 Å². The number of aliphatic hydroxyl groups is 1. The number of hydrogen-bond donors (Lipinski definition) is 1. The number of hydrogen-bond acceptors (Lipinski definition) is 3. The Morgan fingerprint density at radius 3 is 2.39 bits per heavy atom. The van der Waals surface area contributed by atoms with Crippen LogP contribution < -0.4 is 0 Å². The minimum Gasteiger partial charge on any atom is -0.384 e. The summed E-state index contributed by atoms with van der Waals surface area (Å²) in [6.45, 7) is 0. The molecule has 0 radical (unpaired) electrons. The summed E-state index contributed by atoms with van der Waals surface area (Å²) in [4.78, 5) is 4.94. The second-order valence-corrected chi connectivity index (χ2v) is 7.96. The van der Waals surface area contributed by atoms with Gasteiger partial charge in [-0.25, -0.2) is 4.39 Å². The Labute approximate surface area is 175 Å². The highest BCUT2D eigenvalue weighted by atomic mass is 35.5. The molecule has 0 aliphatic heterocycles. The van der Waals surface area contributed by atoms with Gasteiger partial charge in [-0.1, -0.05) is 41.4 Å². The van der Waals surface area contributed by atoms with Crippen molar-refractivity contribution in [1.82, 2.24) is 4.98 Å². The molecule has 0 aliphatic carbocycles. The van der Waals surface area contributed by atoms with Crippen LogP contribution in [0.5, 0.6) is 0 Å². The van der Waals surface area contributed by atoms with Crippen LogP contribution in [0.4, 0.5) is 4.39 Å². The molecule has 4 aromatic rings. The van der Waals surface area contributed by atoms with Crippen molar-refractivity contribution in [1.29, 1.82) is 0 Å². The zero-order chi connectivity index (χ0) is 19.7. The maximum atomic E-state index is 14.7. The molecule has 0 saturated heterocycles. The van der Waals surface area contributed by atoms with Crippen molar-refractivity contribution in [3.63, 3.8) is 0 Å². The monoisotopic (exact) mass is 429 g/mol. The van der Waals surface area contributed by atoms with E-state index < -0.39 is 11.9 Å². The number of pyridine rings is 1. The lowest BCUT2D eigenvalue weighted by atomic mass is 9.93. The van der Waals surface area contributed by atoms with Crippen LogP contribution in [-0.2, 0) is 0 Å². The van der Waals surface area contributed by atoms with E-state index in [1.807, 2.05) is 17.5 Å². The maximum absolute atomic E-state index is 14.7. The Morgan fingerprint density at radius 1 is 0.964 bits per heavy atom. The third kappa shape index (κ3) is 3.69.